The molecule has 0 fully saturated rings. The van der Waals surface area contributed by atoms with Crippen molar-refractivity contribution in [3.05, 3.63) is 12.2 Å². The van der Waals surface area contributed by atoms with E-state index in [1.54, 1.807) is 0 Å². The molecule has 0 aromatic heterocycles. The predicted molar refractivity (Wildman–Crippen MR) is 43.3 cm³/mol. The van der Waals surface area contributed by atoms with Crippen molar-refractivity contribution >= 4 is 16.1 Å². The molecular formula is C6H10O6S. The van der Waals surface area contributed by atoms with E-state index in [4.69, 9.17) is 4.55 Å². The van der Waals surface area contributed by atoms with Crippen molar-refractivity contribution in [2.75, 3.05) is 12.4 Å². The SMILES string of the molecule is C=C(C)C(=O)OOCCS(=O)(=O)O. The minimum atomic E-state index is -4.08. The first-order valence-corrected chi connectivity index (χ1v) is 4.88. The van der Waals surface area contributed by atoms with Gasteiger partial charge in [0.15, 0.2) is 0 Å². The third-order valence-electron chi connectivity index (χ3n) is 0.908. The monoisotopic (exact) mass is 210 g/mol. The number of hydrogen-bond acceptors (Lipinski definition) is 5. The van der Waals surface area contributed by atoms with Gasteiger partial charge in [-0.05, 0) is 6.92 Å². The van der Waals surface area contributed by atoms with E-state index in [1.807, 2.05) is 0 Å². The average molecular weight is 210 g/mol. The minimum absolute atomic E-state index is 0.131. The Balaban J connectivity index is 3.59. The van der Waals surface area contributed by atoms with Crippen LogP contribution in [-0.4, -0.2) is 31.3 Å². The van der Waals surface area contributed by atoms with Crippen molar-refractivity contribution in [2.45, 2.75) is 6.92 Å². The molecule has 0 saturated carbocycles. The van der Waals surface area contributed by atoms with E-state index in [9.17, 15) is 13.2 Å². The van der Waals surface area contributed by atoms with Crippen molar-refractivity contribution < 1.29 is 27.5 Å². The van der Waals surface area contributed by atoms with E-state index in [1.165, 1.54) is 6.92 Å². The van der Waals surface area contributed by atoms with Gasteiger partial charge in [-0.25, -0.2) is 4.79 Å². The maximum Gasteiger partial charge on any atom is 0.368 e. The lowest BCUT2D eigenvalue weighted by Gasteiger charge is -2.01. The highest BCUT2D eigenvalue weighted by Gasteiger charge is 2.07. The van der Waals surface area contributed by atoms with Crippen molar-refractivity contribution in [3.63, 3.8) is 0 Å². The van der Waals surface area contributed by atoms with Gasteiger partial charge in [0.05, 0.1) is 0 Å². The Morgan fingerprint density at radius 1 is 1.54 bits per heavy atom. The number of carbonyl (C=O) groups excluding carboxylic acids is 1. The van der Waals surface area contributed by atoms with E-state index < -0.39 is 28.4 Å². The fraction of sp³-hybridized carbons (Fsp3) is 0.500. The Kier molecular flexibility index (Phi) is 4.60. The molecule has 0 heterocycles. The quantitative estimate of drug-likeness (QED) is 0.224. The van der Waals surface area contributed by atoms with E-state index in [0.29, 0.717) is 0 Å². The summed E-state index contributed by atoms with van der Waals surface area (Å²) < 4.78 is 28.5. The molecule has 1 N–H and O–H groups in total. The summed E-state index contributed by atoms with van der Waals surface area (Å²) in [7, 11) is -4.08. The summed E-state index contributed by atoms with van der Waals surface area (Å²) >= 11 is 0. The zero-order chi connectivity index (χ0) is 10.5. The molecule has 13 heavy (non-hydrogen) atoms. The largest absolute Gasteiger partial charge is 0.368 e. The van der Waals surface area contributed by atoms with Gasteiger partial charge in [0.25, 0.3) is 10.1 Å². The average Bonchev–Trinajstić information content (AvgIpc) is 1.95. The lowest BCUT2D eigenvalue weighted by Crippen LogP contribution is -2.13. The molecule has 0 aliphatic heterocycles. The minimum Gasteiger partial charge on any atom is -0.293 e. The molecule has 7 heteroatoms. The van der Waals surface area contributed by atoms with Gasteiger partial charge in [0.2, 0.25) is 0 Å². The first-order chi connectivity index (χ1) is 5.83. The molecule has 0 amide bonds. The van der Waals surface area contributed by atoms with Gasteiger partial charge in [-0.1, -0.05) is 6.58 Å². The summed E-state index contributed by atoms with van der Waals surface area (Å²) in [6.07, 6.45) is 0. The lowest BCUT2D eigenvalue weighted by atomic mass is 10.4. The third kappa shape index (κ3) is 7.44. The van der Waals surface area contributed by atoms with Gasteiger partial charge in [-0.15, -0.1) is 0 Å². The number of rotatable bonds is 5. The third-order valence-corrected chi connectivity index (χ3v) is 1.59. The van der Waals surface area contributed by atoms with E-state index >= 15 is 0 Å². The Bertz CT molecular complexity index is 290. The van der Waals surface area contributed by atoms with Gasteiger partial charge in [0.1, 0.15) is 12.4 Å². The van der Waals surface area contributed by atoms with Crippen LogP contribution in [0.4, 0.5) is 0 Å². The molecule has 0 unspecified atom stereocenters. The molecule has 0 aromatic carbocycles. The molecule has 0 atom stereocenters. The molecule has 0 aromatic rings. The highest BCUT2D eigenvalue weighted by molar-refractivity contribution is 7.85. The van der Waals surface area contributed by atoms with E-state index in [0.717, 1.165) is 0 Å². The van der Waals surface area contributed by atoms with Crippen molar-refractivity contribution in [3.8, 4) is 0 Å². The molecular weight excluding hydrogens is 200 g/mol. The summed E-state index contributed by atoms with van der Waals surface area (Å²) in [6.45, 7) is 4.25. The van der Waals surface area contributed by atoms with Crippen LogP contribution in [0.1, 0.15) is 6.92 Å². The Morgan fingerprint density at radius 2 is 2.08 bits per heavy atom. The van der Waals surface area contributed by atoms with Crippen LogP contribution in [0.25, 0.3) is 0 Å². The van der Waals surface area contributed by atoms with Crippen molar-refractivity contribution in [1.29, 1.82) is 0 Å². The molecule has 76 valence electrons. The van der Waals surface area contributed by atoms with E-state index in [2.05, 4.69) is 16.4 Å². The fourth-order valence-electron chi connectivity index (χ4n) is 0.306. The maximum atomic E-state index is 10.6. The van der Waals surface area contributed by atoms with Crippen LogP contribution < -0.4 is 0 Å². The molecule has 0 rings (SSSR count). The number of carbonyl (C=O) groups is 1. The van der Waals surface area contributed by atoms with Gasteiger partial charge >= 0.3 is 5.97 Å². The summed E-state index contributed by atoms with van der Waals surface area (Å²) in [5, 5.41) is 0. The molecule has 0 aliphatic carbocycles. The van der Waals surface area contributed by atoms with E-state index in [-0.39, 0.29) is 5.57 Å². The Morgan fingerprint density at radius 3 is 2.46 bits per heavy atom. The van der Waals surface area contributed by atoms with Crippen LogP contribution in [0.2, 0.25) is 0 Å². The maximum absolute atomic E-state index is 10.6. The zero-order valence-corrected chi connectivity index (χ0v) is 7.83. The molecule has 0 saturated heterocycles. The van der Waals surface area contributed by atoms with Crippen LogP contribution in [0, 0.1) is 0 Å². The summed E-state index contributed by atoms with van der Waals surface area (Å²) in [6, 6.07) is 0. The molecule has 0 radical (unpaired) electrons. The second kappa shape index (κ2) is 4.95. The predicted octanol–water partition coefficient (Wildman–Crippen LogP) is -0.0749. The smallest absolute Gasteiger partial charge is 0.293 e. The Hall–Kier alpha value is -0.920. The van der Waals surface area contributed by atoms with Gasteiger partial charge in [0, 0.05) is 5.57 Å². The second-order valence-corrected chi connectivity index (χ2v) is 3.83. The van der Waals surface area contributed by atoms with Gasteiger partial charge in [-0.3, -0.25) is 9.44 Å². The summed E-state index contributed by atoms with van der Waals surface area (Å²) in [4.78, 5) is 18.9. The fourth-order valence-corrected chi connectivity index (χ4v) is 0.584. The first kappa shape index (κ1) is 12.1. The molecule has 6 nitrogen and oxygen atoms in total. The zero-order valence-electron chi connectivity index (χ0n) is 7.02. The van der Waals surface area contributed by atoms with Crippen molar-refractivity contribution in [2.24, 2.45) is 0 Å². The summed E-state index contributed by atoms with van der Waals surface area (Å²) in [5.41, 5.74) is 0.131. The van der Waals surface area contributed by atoms with Gasteiger partial charge < -0.3 is 0 Å². The molecule has 0 aliphatic rings. The topological polar surface area (TPSA) is 89.9 Å². The second-order valence-electron chi connectivity index (χ2n) is 2.26. The first-order valence-electron chi connectivity index (χ1n) is 3.27. The van der Waals surface area contributed by atoms with Crippen LogP contribution in [-0.2, 0) is 24.7 Å². The van der Waals surface area contributed by atoms with Gasteiger partial charge in [-0.2, -0.15) is 13.3 Å². The lowest BCUT2D eigenvalue weighted by molar-refractivity contribution is -0.265. The van der Waals surface area contributed by atoms with Crippen molar-refractivity contribution in [1.82, 2.24) is 0 Å². The molecule has 0 spiro atoms. The number of hydrogen-bond donors (Lipinski definition) is 1. The van der Waals surface area contributed by atoms with Crippen LogP contribution in [0.3, 0.4) is 0 Å². The highest BCUT2D eigenvalue weighted by atomic mass is 32.2. The highest BCUT2D eigenvalue weighted by Crippen LogP contribution is 1.93. The Labute approximate surface area is 75.8 Å². The van der Waals surface area contributed by atoms with Crippen LogP contribution in [0.5, 0.6) is 0 Å². The van der Waals surface area contributed by atoms with Crippen LogP contribution in [0.15, 0.2) is 12.2 Å². The summed E-state index contributed by atoms with van der Waals surface area (Å²) in [5.74, 6) is -1.41. The molecule has 0 bridgehead atoms. The standard InChI is InChI=1S/C6H10O6S/c1-5(2)6(7)12-11-3-4-13(8,9)10/h1,3-4H2,2H3,(H,8,9,10). The normalized spacial score (nSPS) is 10.9. The van der Waals surface area contributed by atoms with Crippen LogP contribution >= 0.6 is 0 Å².